The Hall–Kier alpha value is -1.43. The maximum atomic E-state index is 11.2. The average molecular weight is 213 g/mol. The number of rotatable bonds is 4. The molecule has 1 rings (SSSR count). The lowest BCUT2D eigenvalue weighted by atomic mass is 10.1. The van der Waals surface area contributed by atoms with Gasteiger partial charge in [0.05, 0.1) is 12.6 Å². The van der Waals surface area contributed by atoms with Gasteiger partial charge in [-0.1, -0.05) is 0 Å². The third kappa shape index (κ3) is 3.67. The summed E-state index contributed by atoms with van der Waals surface area (Å²) in [6, 6.07) is -0.440. The fourth-order valence-electron chi connectivity index (χ4n) is 1.36. The number of amides is 3. The van der Waals surface area contributed by atoms with Crippen molar-refractivity contribution in [2.24, 2.45) is 0 Å². The monoisotopic (exact) mass is 213 g/mol. The van der Waals surface area contributed by atoms with Gasteiger partial charge in [0, 0.05) is 13.0 Å². The van der Waals surface area contributed by atoms with Crippen molar-refractivity contribution >= 4 is 17.7 Å². The van der Waals surface area contributed by atoms with Gasteiger partial charge in [0.25, 0.3) is 0 Å². The standard InChI is InChI=1S/C9H15N3O3/c1-2-10-8(14)5-11-6-3-4-7(13)12-9(6)15/h6,11H,2-5H2,1H3,(H,10,14)(H,12,13,15). The van der Waals surface area contributed by atoms with Gasteiger partial charge in [0.15, 0.2) is 0 Å². The van der Waals surface area contributed by atoms with Gasteiger partial charge in [-0.2, -0.15) is 0 Å². The Morgan fingerprint density at radius 2 is 2.27 bits per heavy atom. The third-order valence-corrected chi connectivity index (χ3v) is 2.12. The molecule has 3 N–H and O–H groups in total. The average Bonchev–Trinajstić information content (AvgIpc) is 2.17. The molecule has 0 aromatic rings. The SMILES string of the molecule is CCNC(=O)CNC1CCC(=O)NC1=O. The number of likely N-dealkylation sites (N-methyl/N-ethyl adjacent to an activating group) is 1. The van der Waals surface area contributed by atoms with Crippen molar-refractivity contribution < 1.29 is 14.4 Å². The van der Waals surface area contributed by atoms with E-state index in [-0.39, 0.29) is 24.3 Å². The predicted molar refractivity (Wildman–Crippen MR) is 52.9 cm³/mol. The van der Waals surface area contributed by atoms with Crippen LogP contribution >= 0.6 is 0 Å². The molecule has 84 valence electrons. The lowest BCUT2D eigenvalue weighted by Crippen LogP contribution is -2.52. The Bertz CT molecular complexity index is 278. The van der Waals surface area contributed by atoms with Gasteiger partial charge >= 0.3 is 0 Å². The number of carbonyl (C=O) groups is 3. The molecular weight excluding hydrogens is 198 g/mol. The topological polar surface area (TPSA) is 87.3 Å². The van der Waals surface area contributed by atoms with E-state index in [1.165, 1.54) is 0 Å². The Morgan fingerprint density at radius 3 is 2.87 bits per heavy atom. The fourth-order valence-corrected chi connectivity index (χ4v) is 1.36. The van der Waals surface area contributed by atoms with Gasteiger partial charge in [-0.05, 0) is 13.3 Å². The van der Waals surface area contributed by atoms with Crippen molar-refractivity contribution in [3.05, 3.63) is 0 Å². The zero-order chi connectivity index (χ0) is 11.3. The van der Waals surface area contributed by atoms with E-state index in [0.29, 0.717) is 19.4 Å². The van der Waals surface area contributed by atoms with Gasteiger partial charge < -0.3 is 5.32 Å². The lowest BCUT2D eigenvalue weighted by molar-refractivity contribution is -0.134. The maximum Gasteiger partial charge on any atom is 0.243 e. The Morgan fingerprint density at radius 1 is 1.53 bits per heavy atom. The zero-order valence-electron chi connectivity index (χ0n) is 8.63. The zero-order valence-corrected chi connectivity index (χ0v) is 8.63. The van der Waals surface area contributed by atoms with Gasteiger partial charge in [0.1, 0.15) is 0 Å². The molecule has 0 aromatic carbocycles. The highest BCUT2D eigenvalue weighted by molar-refractivity contribution is 6.00. The molecule has 1 aliphatic rings. The smallest absolute Gasteiger partial charge is 0.243 e. The molecule has 6 nitrogen and oxygen atoms in total. The van der Waals surface area contributed by atoms with Crippen LogP contribution in [-0.4, -0.2) is 36.9 Å². The maximum absolute atomic E-state index is 11.2. The minimum Gasteiger partial charge on any atom is -0.355 e. The first-order chi connectivity index (χ1) is 7.13. The first kappa shape index (κ1) is 11.6. The van der Waals surface area contributed by atoms with Crippen LogP contribution in [0.4, 0.5) is 0 Å². The van der Waals surface area contributed by atoms with E-state index in [2.05, 4.69) is 16.0 Å². The van der Waals surface area contributed by atoms with Gasteiger partial charge in [0.2, 0.25) is 17.7 Å². The molecule has 0 spiro atoms. The molecule has 0 radical (unpaired) electrons. The van der Waals surface area contributed by atoms with Crippen molar-refractivity contribution in [2.45, 2.75) is 25.8 Å². The van der Waals surface area contributed by atoms with Crippen LogP contribution in [0.5, 0.6) is 0 Å². The van der Waals surface area contributed by atoms with E-state index in [0.717, 1.165) is 0 Å². The van der Waals surface area contributed by atoms with E-state index in [1.807, 2.05) is 6.92 Å². The van der Waals surface area contributed by atoms with Gasteiger partial charge in [-0.3, -0.25) is 25.0 Å². The number of nitrogens with one attached hydrogen (secondary N) is 3. The van der Waals surface area contributed by atoms with Crippen LogP contribution in [0.2, 0.25) is 0 Å². The summed E-state index contributed by atoms with van der Waals surface area (Å²) in [5, 5.41) is 7.62. The highest BCUT2D eigenvalue weighted by Gasteiger charge is 2.26. The summed E-state index contributed by atoms with van der Waals surface area (Å²) in [5.41, 5.74) is 0. The number of piperidine rings is 1. The van der Waals surface area contributed by atoms with E-state index < -0.39 is 6.04 Å². The molecule has 1 atom stereocenters. The predicted octanol–water partition coefficient (Wildman–Crippen LogP) is -1.48. The van der Waals surface area contributed by atoms with Crippen LogP contribution < -0.4 is 16.0 Å². The molecule has 0 aromatic heterocycles. The number of hydrogen-bond acceptors (Lipinski definition) is 4. The van der Waals surface area contributed by atoms with Crippen molar-refractivity contribution in [1.82, 2.24) is 16.0 Å². The molecule has 6 heteroatoms. The largest absolute Gasteiger partial charge is 0.355 e. The van der Waals surface area contributed by atoms with Crippen molar-refractivity contribution in [2.75, 3.05) is 13.1 Å². The summed E-state index contributed by atoms with van der Waals surface area (Å²) >= 11 is 0. The van der Waals surface area contributed by atoms with Crippen LogP contribution in [-0.2, 0) is 14.4 Å². The second-order valence-electron chi connectivity index (χ2n) is 3.34. The first-order valence-electron chi connectivity index (χ1n) is 4.97. The summed E-state index contributed by atoms with van der Waals surface area (Å²) < 4.78 is 0. The van der Waals surface area contributed by atoms with Crippen molar-refractivity contribution in [3.8, 4) is 0 Å². The summed E-state index contributed by atoms with van der Waals surface area (Å²) in [6.07, 6.45) is 0.767. The molecule has 1 saturated heterocycles. The van der Waals surface area contributed by atoms with Crippen LogP contribution in [0.15, 0.2) is 0 Å². The second-order valence-corrected chi connectivity index (χ2v) is 3.34. The van der Waals surface area contributed by atoms with Crippen molar-refractivity contribution in [1.29, 1.82) is 0 Å². The summed E-state index contributed by atoms with van der Waals surface area (Å²) in [4.78, 5) is 33.2. The first-order valence-corrected chi connectivity index (χ1v) is 4.97. The van der Waals surface area contributed by atoms with Crippen LogP contribution in [0, 0.1) is 0 Å². The normalized spacial score (nSPS) is 21.0. The molecule has 1 heterocycles. The molecule has 0 aliphatic carbocycles. The lowest BCUT2D eigenvalue weighted by Gasteiger charge is -2.21. The fraction of sp³-hybridized carbons (Fsp3) is 0.667. The molecule has 0 bridgehead atoms. The van der Waals surface area contributed by atoms with Gasteiger partial charge in [-0.15, -0.1) is 0 Å². The summed E-state index contributed by atoms with van der Waals surface area (Å²) in [6.45, 7) is 2.49. The Labute approximate surface area is 87.8 Å². The molecular formula is C9H15N3O3. The van der Waals surface area contributed by atoms with E-state index in [1.54, 1.807) is 0 Å². The van der Waals surface area contributed by atoms with Crippen LogP contribution in [0.1, 0.15) is 19.8 Å². The highest BCUT2D eigenvalue weighted by atomic mass is 16.2. The summed E-state index contributed by atoms with van der Waals surface area (Å²) in [5.74, 6) is -0.756. The summed E-state index contributed by atoms with van der Waals surface area (Å²) in [7, 11) is 0. The molecule has 3 amide bonds. The van der Waals surface area contributed by atoms with Crippen LogP contribution in [0.25, 0.3) is 0 Å². The number of imide groups is 1. The molecule has 1 aliphatic heterocycles. The minimum absolute atomic E-state index is 0.0973. The molecule has 1 fully saturated rings. The molecule has 0 saturated carbocycles. The second kappa shape index (κ2) is 5.45. The van der Waals surface area contributed by atoms with E-state index >= 15 is 0 Å². The highest BCUT2D eigenvalue weighted by Crippen LogP contribution is 2.03. The Kier molecular flexibility index (Phi) is 4.23. The number of carbonyl (C=O) groups excluding carboxylic acids is 3. The molecule has 15 heavy (non-hydrogen) atoms. The quantitative estimate of drug-likeness (QED) is 0.497. The molecule has 1 unspecified atom stereocenters. The van der Waals surface area contributed by atoms with Crippen molar-refractivity contribution in [3.63, 3.8) is 0 Å². The van der Waals surface area contributed by atoms with E-state index in [4.69, 9.17) is 0 Å². The third-order valence-electron chi connectivity index (χ3n) is 2.12. The van der Waals surface area contributed by atoms with E-state index in [9.17, 15) is 14.4 Å². The van der Waals surface area contributed by atoms with Crippen LogP contribution in [0.3, 0.4) is 0 Å². The number of hydrogen-bond donors (Lipinski definition) is 3. The minimum atomic E-state index is -0.440. The Balaban J connectivity index is 2.29. The van der Waals surface area contributed by atoms with Gasteiger partial charge in [-0.25, -0.2) is 0 Å².